The van der Waals surface area contributed by atoms with Crippen LogP contribution >= 0.6 is 0 Å². The maximum Gasteiger partial charge on any atom is 0.193 e. The lowest BCUT2D eigenvalue weighted by atomic mass is 9.86. The van der Waals surface area contributed by atoms with Crippen LogP contribution in [-0.2, 0) is 6.54 Å². The zero-order chi connectivity index (χ0) is 15.3. The highest BCUT2D eigenvalue weighted by atomic mass is 15.3. The highest BCUT2D eigenvalue weighted by molar-refractivity contribution is 5.80. The Balaban J connectivity index is 1.52. The van der Waals surface area contributed by atoms with Crippen molar-refractivity contribution in [2.75, 3.05) is 26.2 Å². The van der Waals surface area contributed by atoms with E-state index in [2.05, 4.69) is 22.2 Å². The first-order valence-electron chi connectivity index (χ1n) is 8.82. The van der Waals surface area contributed by atoms with E-state index in [1.807, 2.05) is 23.1 Å². The predicted octanol–water partition coefficient (Wildman–Crippen LogP) is 2.50. The van der Waals surface area contributed by atoms with Crippen LogP contribution in [0.5, 0.6) is 0 Å². The van der Waals surface area contributed by atoms with Crippen LogP contribution in [-0.4, -0.2) is 46.8 Å². The van der Waals surface area contributed by atoms with E-state index in [1.54, 1.807) is 0 Å². The summed E-state index contributed by atoms with van der Waals surface area (Å²) in [6, 6.07) is 1.97. The van der Waals surface area contributed by atoms with Crippen LogP contribution in [0.4, 0.5) is 0 Å². The number of hydrogen-bond donors (Lipinski definition) is 1. The number of guanidine groups is 1. The molecule has 0 aromatic carbocycles. The third kappa shape index (κ3) is 3.62. The van der Waals surface area contributed by atoms with Gasteiger partial charge in [0, 0.05) is 45.1 Å². The number of hydrogen-bond acceptors (Lipinski definition) is 2. The van der Waals surface area contributed by atoms with Gasteiger partial charge in [-0.2, -0.15) is 5.10 Å². The van der Waals surface area contributed by atoms with Gasteiger partial charge in [0.25, 0.3) is 0 Å². The Hall–Kier alpha value is -1.52. The van der Waals surface area contributed by atoms with E-state index in [0.29, 0.717) is 5.41 Å². The molecule has 0 radical (unpaired) electrons. The number of likely N-dealkylation sites (tertiary alicyclic amines) is 1. The predicted molar refractivity (Wildman–Crippen MR) is 89.9 cm³/mol. The normalized spacial score (nSPS) is 21.0. The van der Waals surface area contributed by atoms with Crippen molar-refractivity contribution in [2.45, 2.75) is 52.0 Å². The van der Waals surface area contributed by atoms with E-state index >= 15 is 0 Å². The van der Waals surface area contributed by atoms with E-state index in [9.17, 15) is 0 Å². The molecule has 22 heavy (non-hydrogen) atoms. The van der Waals surface area contributed by atoms with Crippen molar-refractivity contribution in [1.29, 1.82) is 0 Å². The average Bonchev–Trinajstić information content (AvgIpc) is 3.26. The monoisotopic (exact) mass is 303 g/mol. The van der Waals surface area contributed by atoms with Crippen LogP contribution in [0, 0.1) is 5.41 Å². The van der Waals surface area contributed by atoms with Crippen LogP contribution in [0.1, 0.15) is 45.4 Å². The second kappa shape index (κ2) is 7.16. The fourth-order valence-electron chi connectivity index (χ4n) is 3.93. The average molecular weight is 303 g/mol. The van der Waals surface area contributed by atoms with Gasteiger partial charge in [-0.05, 0) is 44.1 Å². The van der Waals surface area contributed by atoms with Crippen LogP contribution in [0.2, 0.25) is 0 Å². The topological polar surface area (TPSA) is 45.5 Å². The molecule has 2 aliphatic rings. The molecule has 5 nitrogen and oxygen atoms in total. The van der Waals surface area contributed by atoms with Gasteiger partial charge >= 0.3 is 0 Å². The molecule has 1 N–H and O–H groups in total. The summed E-state index contributed by atoms with van der Waals surface area (Å²) < 4.78 is 1.98. The van der Waals surface area contributed by atoms with Crippen molar-refractivity contribution in [3.63, 3.8) is 0 Å². The van der Waals surface area contributed by atoms with Gasteiger partial charge in [0.05, 0.1) is 0 Å². The summed E-state index contributed by atoms with van der Waals surface area (Å²) in [5.41, 5.74) is 0.602. The number of rotatable bonds is 5. The quantitative estimate of drug-likeness (QED) is 0.516. The molecular formula is C17H29N5. The number of aromatic nitrogens is 2. The number of nitrogens with one attached hydrogen (secondary N) is 1. The maximum absolute atomic E-state index is 4.84. The SMILES string of the molecule is CCNC(=NCCCn1cccn1)N1CCC2(CCCC2)C1. The summed E-state index contributed by atoms with van der Waals surface area (Å²) in [6.45, 7) is 7.29. The van der Waals surface area contributed by atoms with Crippen molar-refractivity contribution in [1.82, 2.24) is 20.0 Å². The number of aliphatic imine (C=N–C) groups is 1. The van der Waals surface area contributed by atoms with Crippen LogP contribution in [0.3, 0.4) is 0 Å². The Morgan fingerprint density at radius 3 is 2.91 bits per heavy atom. The van der Waals surface area contributed by atoms with E-state index in [-0.39, 0.29) is 0 Å². The second-order valence-corrected chi connectivity index (χ2v) is 6.74. The zero-order valence-electron chi connectivity index (χ0n) is 13.8. The minimum absolute atomic E-state index is 0.602. The van der Waals surface area contributed by atoms with Gasteiger partial charge in [0.15, 0.2) is 5.96 Å². The van der Waals surface area contributed by atoms with Gasteiger partial charge in [-0.15, -0.1) is 0 Å². The third-order valence-corrected chi connectivity index (χ3v) is 5.10. The van der Waals surface area contributed by atoms with Gasteiger partial charge in [-0.1, -0.05) is 12.8 Å². The van der Waals surface area contributed by atoms with Crippen LogP contribution < -0.4 is 5.32 Å². The Bertz CT molecular complexity index is 473. The summed E-state index contributed by atoms with van der Waals surface area (Å²) in [4.78, 5) is 7.33. The molecule has 122 valence electrons. The van der Waals surface area contributed by atoms with E-state index in [1.165, 1.54) is 45.2 Å². The van der Waals surface area contributed by atoms with E-state index < -0.39 is 0 Å². The lowest BCUT2D eigenvalue weighted by Crippen LogP contribution is -2.41. The van der Waals surface area contributed by atoms with Crippen LogP contribution in [0.15, 0.2) is 23.5 Å². The highest BCUT2D eigenvalue weighted by Crippen LogP contribution is 2.45. The first kappa shape index (κ1) is 15.4. The number of aryl methyl sites for hydroxylation is 1. The molecule has 1 saturated carbocycles. The molecule has 1 saturated heterocycles. The number of nitrogens with zero attached hydrogens (tertiary/aromatic N) is 4. The van der Waals surface area contributed by atoms with Gasteiger partial charge < -0.3 is 10.2 Å². The molecule has 1 aliphatic heterocycles. The molecule has 0 atom stereocenters. The second-order valence-electron chi connectivity index (χ2n) is 6.74. The molecule has 0 amide bonds. The first-order chi connectivity index (χ1) is 10.8. The molecule has 3 rings (SSSR count). The molecule has 5 heteroatoms. The third-order valence-electron chi connectivity index (χ3n) is 5.10. The Morgan fingerprint density at radius 2 is 2.18 bits per heavy atom. The molecule has 0 unspecified atom stereocenters. The summed E-state index contributed by atoms with van der Waals surface area (Å²) in [5, 5.41) is 7.72. The first-order valence-corrected chi connectivity index (χ1v) is 8.82. The minimum atomic E-state index is 0.602. The lowest BCUT2D eigenvalue weighted by Gasteiger charge is -2.26. The fourth-order valence-corrected chi connectivity index (χ4v) is 3.93. The minimum Gasteiger partial charge on any atom is -0.357 e. The van der Waals surface area contributed by atoms with Crippen molar-refractivity contribution in [3.8, 4) is 0 Å². The van der Waals surface area contributed by atoms with Gasteiger partial charge in [0.1, 0.15) is 0 Å². The largest absolute Gasteiger partial charge is 0.357 e. The van der Waals surface area contributed by atoms with Crippen LogP contribution in [0.25, 0.3) is 0 Å². The molecule has 2 fully saturated rings. The smallest absolute Gasteiger partial charge is 0.193 e. The molecular weight excluding hydrogens is 274 g/mol. The Kier molecular flexibility index (Phi) is 5.01. The summed E-state index contributed by atoms with van der Waals surface area (Å²) in [7, 11) is 0. The summed E-state index contributed by atoms with van der Waals surface area (Å²) in [6.07, 6.45) is 11.9. The standard InChI is InChI=1S/C17H29N5/c1-2-18-16(19-10-5-12-22-13-6-11-20-22)21-14-9-17(15-21)7-3-4-8-17/h6,11,13H,2-5,7-10,12,14-15H2,1H3,(H,18,19). The maximum atomic E-state index is 4.84. The lowest BCUT2D eigenvalue weighted by molar-refractivity contribution is 0.309. The van der Waals surface area contributed by atoms with Gasteiger partial charge in [-0.25, -0.2) is 0 Å². The van der Waals surface area contributed by atoms with Crippen molar-refractivity contribution in [3.05, 3.63) is 18.5 Å². The fraction of sp³-hybridized carbons (Fsp3) is 0.765. The molecule has 1 aromatic rings. The highest BCUT2D eigenvalue weighted by Gasteiger charge is 2.40. The van der Waals surface area contributed by atoms with E-state index in [0.717, 1.165) is 32.0 Å². The zero-order valence-corrected chi connectivity index (χ0v) is 13.8. The molecule has 2 heterocycles. The molecule has 1 aromatic heterocycles. The summed E-state index contributed by atoms with van der Waals surface area (Å²) >= 11 is 0. The summed E-state index contributed by atoms with van der Waals surface area (Å²) in [5.74, 6) is 1.12. The molecule has 1 aliphatic carbocycles. The van der Waals surface area contributed by atoms with Crippen molar-refractivity contribution in [2.24, 2.45) is 10.4 Å². The molecule has 0 bridgehead atoms. The molecule has 1 spiro atoms. The van der Waals surface area contributed by atoms with Crippen molar-refractivity contribution >= 4 is 5.96 Å². The van der Waals surface area contributed by atoms with E-state index in [4.69, 9.17) is 4.99 Å². The Labute approximate surface area is 133 Å². The Morgan fingerprint density at radius 1 is 1.32 bits per heavy atom. The van der Waals surface area contributed by atoms with Gasteiger partial charge in [-0.3, -0.25) is 9.67 Å². The van der Waals surface area contributed by atoms with Crippen molar-refractivity contribution < 1.29 is 0 Å². The van der Waals surface area contributed by atoms with Gasteiger partial charge in [0.2, 0.25) is 0 Å².